The van der Waals surface area contributed by atoms with Gasteiger partial charge in [0.25, 0.3) is 0 Å². The van der Waals surface area contributed by atoms with Gasteiger partial charge in [-0.25, -0.2) is 9.97 Å². The molecule has 1 aromatic heterocycles. The van der Waals surface area contributed by atoms with Gasteiger partial charge in [0, 0.05) is 70.7 Å². The van der Waals surface area contributed by atoms with E-state index in [4.69, 9.17) is 0 Å². The second kappa shape index (κ2) is 11.6. The average molecular weight is 535 g/mol. The number of aromatic nitrogens is 2. The first-order valence-corrected chi connectivity index (χ1v) is 11.0. The van der Waals surface area contributed by atoms with E-state index in [2.05, 4.69) is 65.7 Å². The highest BCUT2D eigenvalue weighted by Gasteiger charge is 2.38. The van der Waals surface area contributed by atoms with E-state index in [-0.39, 0.29) is 29.4 Å². The van der Waals surface area contributed by atoms with Gasteiger partial charge in [-0.15, -0.1) is 24.0 Å². The zero-order chi connectivity index (χ0) is 20.7. The van der Waals surface area contributed by atoms with E-state index in [1.54, 1.807) is 0 Å². The van der Waals surface area contributed by atoms with Crippen LogP contribution in [0.3, 0.4) is 0 Å². The minimum Gasteiger partial charge on any atom is -0.356 e. The normalized spacial score (nSPS) is 18.6. The van der Waals surface area contributed by atoms with Crippen LogP contribution >= 0.6 is 24.0 Å². The van der Waals surface area contributed by atoms with Crippen molar-refractivity contribution in [2.24, 2.45) is 4.99 Å². The van der Waals surface area contributed by atoms with Crippen LogP contribution in [0.2, 0.25) is 0 Å². The highest BCUT2D eigenvalue weighted by atomic mass is 127. The molecule has 1 aromatic carbocycles. The van der Waals surface area contributed by atoms with Crippen molar-refractivity contribution in [2.45, 2.75) is 24.7 Å². The molecular weight excluding hydrogens is 501 g/mol. The smallest absolute Gasteiger partial charge is 0.225 e. The average Bonchev–Trinajstić information content (AvgIpc) is 2.79. The van der Waals surface area contributed by atoms with Gasteiger partial charge >= 0.3 is 0 Å². The summed E-state index contributed by atoms with van der Waals surface area (Å²) in [5.74, 6) is 1.73. The van der Waals surface area contributed by atoms with E-state index in [9.17, 15) is 0 Å². The fourth-order valence-electron chi connectivity index (χ4n) is 4.39. The van der Waals surface area contributed by atoms with Crippen LogP contribution in [0, 0.1) is 0 Å². The summed E-state index contributed by atoms with van der Waals surface area (Å²) in [5, 5.41) is 7.06. The quantitative estimate of drug-likeness (QED) is 0.323. The van der Waals surface area contributed by atoms with Crippen LogP contribution < -0.4 is 15.5 Å². The highest BCUT2D eigenvalue weighted by Crippen LogP contribution is 2.43. The molecule has 1 aliphatic heterocycles. The Morgan fingerprint density at radius 2 is 1.71 bits per heavy atom. The van der Waals surface area contributed by atoms with Crippen molar-refractivity contribution in [2.75, 3.05) is 57.8 Å². The van der Waals surface area contributed by atoms with Crippen molar-refractivity contribution in [3.8, 4) is 0 Å². The molecule has 2 N–H and O–H groups in total. The van der Waals surface area contributed by atoms with Gasteiger partial charge in [-0.3, -0.25) is 9.89 Å². The van der Waals surface area contributed by atoms with Crippen LogP contribution in [0.1, 0.15) is 24.8 Å². The number of rotatable bonds is 7. The first-order chi connectivity index (χ1) is 14.8. The Morgan fingerprint density at radius 1 is 1.00 bits per heavy atom. The Hall–Kier alpha value is -1.94. The summed E-state index contributed by atoms with van der Waals surface area (Å²) in [5.41, 5.74) is 1.70. The predicted octanol–water partition coefficient (Wildman–Crippen LogP) is 2.50. The minimum atomic E-state index is 0. The van der Waals surface area contributed by atoms with Crippen LogP contribution in [-0.2, 0) is 5.41 Å². The zero-order valence-corrected chi connectivity index (χ0v) is 20.7. The second-order valence-corrected chi connectivity index (χ2v) is 8.23. The first-order valence-electron chi connectivity index (χ1n) is 11.0. The topological polar surface area (TPSA) is 68.7 Å². The monoisotopic (exact) mass is 535 g/mol. The number of halogens is 1. The van der Waals surface area contributed by atoms with E-state index in [0.717, 1.165) is 57.7 Å². The van der Waals surface area contributed by atoms with E-state index >= 15 is 0 Å². The molecule has 0 radical (unpaired) electrons. The summed E-state index contributed by atoms with van der Waals surface area (Å²) in [6, 6.07) is 12.8. The SMILES string of the molecule is CN=C(NCCN1CCN(c2ncccn2)CC1)NCC1(c2ccccc2)CCC1.I. The third-order valence-corrected chi connectivity index (χ3v) is 6.44. The number of aliphatic imine (C=N–C) groups is 1. The maximum atomic E-state index is 4.43. The number of nitrogens with zero attached hydrogens (tertiary/aromatic N) is 5. The largest absolute Gasteiger partial charge is 0.356 e. The van der Waals surface area contributed by atoms with Crippen molar-refractivity contribution < 1.29 is 0 Å². The van der Waals surface area contributed by atoms with E-state index in [1.807, 2.05) is 25.5 Å². The number of anilines is 1. The molecule has 7 nitrogen and oxygen atoms in total. The molecule has 8 heteroatoms. The lowest BCUT2D eigenvalue weighted by Gasteiger charge is -2.43. The zero-order valence-electron chi connectivity index (χ0n) is 18.3. The Bertz CT molecular complexity index is 803. The predicted molar refractivity (Wildman–Crippen MR) is 137 cm³/mol. The van der Waals surface area contributed by atoms with E-state index < -0.39 is 0 Å². The number of nitrogens with one attached hydrogen (secondary N) is 2. The van der Waals surface area contributed by atoms with Gasteiger partial charge in [0.05, 0.1) is 0 Å². The van der Waals surface area contributed by atoms with Gasteiger partial charge in [-0.05, 0) is 24.5 Å². The van der Waals surface area contributed by atoms with Crippen LogP contribution in [0.25, 0.3) is 0 Å². The summed E-state index contributed by atoms with van der Waals surface area (Å²) in [6.07, 6.45) is 7.42. The van der Waals surface area contributed by atoms with Gasteiger partial charge in [-0.2, -0.15) is 0 Å². The highest BCUT2D eigenvalue weighted by molar-refractivity contribution is 14.0. The van der Waals surface area contributed by atoms with Crippen molar-refractivity contribution in [3.05, 3.63) is 54.4 Å². The molecule has 0 bridgehead atoms. The maximum Gasteiger partial charge on any atom is 0.225 e. The third-order valence-electron chi connectivity index (χ3n) is 6.44. The lowest BCUT2D eigenvalue weighted by Crippen LogP contribution is -2.51. The molecule has 0 unspecified atom stereocenters. The van der Waals surface area contributed by atoms with Crippen molar-refractivity contribution in [1.29, 1.82) is 0 Å². The molecule has 2 aliphatic rings. The van der Waals surface area contributed by atoms with Crippen molar-refractivity contribution in [1.82, 2.24) is 25.5 Å². The third kappa shape index (κ3) is 6.06. The summed E-state index contributed by atoms with van der Waals surface area (Å²) < 4.78 is 0. The number of guanidine groups is 1. The van der Waals surface area contributed by atoms with Gasteiger partial charge in [0.1, 0.15) is 0 Å². The van der Waals surface area contributed by atoms with Gasteiger partial charge < -0.3 is 15.5 Å². The van der Waals surface area contributed by atoms with E-state index in [1.165, 1.54) is 24.8 Å². The maximum absolute atomic E-state index is 4.43. The van der Waals surface area contributed by atoms with Gasteiger partial charge in [0.2, 0.25) is 5.95 Å². The lowest BCUT2D eigenvalue weighted by atomic mass is 9.64. The number of hydrogen-bond donors (Lipinski definition) is 2. The molecule has 31 heavy (non-hydrogen) atoms. The Balaban J connectivity index is 0.00000272. The minimum absolute atomic E-state index is 0. The molecular formula is C23H34IN7. The molecule has 0 atom stereocenters. The van der Waals surface area contributed by atoms with Crippen molar-refractivity contribution >= 4 is 35.9 Å². The summed E-state index contributed by atoms with van der Waals surface area (Å²) in [6.45, 7) is 6.83. The Morgan fingerprint density at radius 3 is 2.32 bits per heavy atom. The lowest BCUT2D eigenvalue weighted by molar-refractivity contribution is 0.243. The van der Waals surface area contributed by atoms with Crippen LogP contribution in [0.5, 0.6) is 0 Å². The van der Waals surface area contributed by atoms with Gasteiger partial charge in [0.15, 0.2) is 5.96 Å². The standard InChI is InChI=1S/C23H33N7.HI/c1-24-21(28-19-23(9-5-10-23)20-7-3-2-4-8-20)25-13-14-29-15-17-30(18-16-29)22-26-11-6-12-27-22;/h2-4,6-8,11-12H,5,9-10,13-19H2,1H3,(H2,24,25,28);1H. The fraction of sp³-hybridized carbons (Fsp3) is 0.522. The second-order valence-electron chi connectivity index (χ2n) is 8.23. The molecule has 1 saturated carbocycles. The Labute approximate surface area is 202 Å². The molecule has 0 amide bonds. The molecule has 2 aromatic rings. The first kappa shape index (κ1) is 23.7. The number of benzene rings is 1. The van der Waals surface area contributed by atoms with Crippen LogP contribution in [0.15, 0.2) is 53.8 Å². The summed E-state index contributed by atoms with van der Waals surface area (Å²) in [4.78, 5) is 17.9. The Kier molecular flexibility index (Phi) is 8.89. The molecule has 168 valence electrons. The van der Waals surface area contributed by atoms with Crippen LogP contribution in [0.4, 0.5) is 5.95 Å². The molecule has 2 heterocycles. The van der Waals surface area contributed by atoms with Crippen LogP contribution in [-0.4, -0.2) is 73.7 Å². The van der Waals surface area contributed by atoms with E-state index in [0.29, 0.717) is 0 Å². The summed E-state index contributed by atoms with van der Waals surface area (Å²) in [7, 11) is 1.85. The number of piperazine rings is 1. The number of hydrogen-bond acceptors (Lipinski definition) is 5. The summed E-state index contributed by atoms with van der Waals surface area (Å²) >= 11 is 0. The molecule has 2 fully saturated rings. The molecule has 0 spiro atoms. The molecule has 4 rings (SSSR count). The molecule has 1 aliphatic carbocycles. The van der Waals surface area contributed by atoms with Crippen molar-refractivity contribution in [3.63, 3.8) is 0 Å². The molecule has 1 saturated heterocycles. The fourth-order valence-corrected chi connectivity index (χ4v) is 4.39. The van der Waals surface area contributed by atoms with Gasteiger partial charge in [-0.1, -0.05) is 36.8 Å².